The number of nitrogens with zero attached hydrogens (tertiary/aromatic N) is 2. The number of carbonyl (C=O) groups is 1. The van der Waals surface area contributed by atoms with Gasteiger partial charge in [-0.15, -0.1) is 0 Å². The van der Waals surface area contributed by atoms with Crippen molar-refractivity contribution in [2.45, 2.75) is 6.92 Å². The molecule has 0 aliphatic rings. The summed E-state index contributed by atoms with van der Waals surface area (Å²) >= 11 is 0. The minimum Gasteiger partial charge on any atom is -0.455 e. The van der Waals surface area contributed by atoms with Crippen LogP contribution in [-0.2, 0) is 4.79 Å². The molecule has 142 valence electrons. The van der Waals surface area contributed by atoms with Crippen LogP contribution in [0.25, 0.3) is 11.3 Å². The summed E-state index contributed by atoms with van der Waals surface area (Å²) in [4.78, 5) is 22.1. The van der Waals surface area contributed by atoms with Crippen molar-refractivity contribution in [1.29, 1.82) is 0 Å². The quantitative estimate of drug-likeness (QED) is 0.370. The van der Waals surface area contributed by atoms with Crippen LogP contribution in [-0.4, -0.2) is 23.6 Å². The van der Waals surface area contributed by atoms with Gasteiger partial charge in [-0.25, -0.2) is 5.43 Å². The summed E-state index contributed by atoms with van der Waals surface area (Å²) in [5.74, 6) is 0.698. The second kappa shape index (κ2) is 8.63. The summed E-state index contributed by atoms with van der Waals surface area (Å²) in [6.07, 6.45) is 1.39. The maximum atomic E-state index is 11.8. The molecule has 0 aliphatic heterocycles. The number of hydrogen-bond donors (Lipinski definition) is 2. The smallest absolute Gasteiger partial charge is 0.269 e. The largest absolute Gasteiger partial charge is 0.455 e. The van der Waals surface area contributed by atoms with Crippen LogP contribution in [0.5, 0.6) is 0 Å². The lowest BCUT2D eigenvalue weighted by atomic mass is 10.1. The van der Waals surface area contributed by atoms with Crippen LogP contribution in [0.15, 0.2) is 70.2 Å². The molecule has 3 rings (SSSR count). The van der Waals surface area contributed by atoms with Crippen LogP contribution in [0.1, 0.15) is 11.3 Å². The van der Waals surface area contributed by atoms with E-state index in [1.165, 1.54) is 18.3 Å². The van der Waals surface area contributed by atoms with Gasteiger partial charge in [-0.1, -0.05) is 12.1 Å². The zero-order valence-electron chi connectivity index (χ0n) is 15.1. The van der Waals surface area contributed by atoms with Gasteiger partial charge in [0.15, 0.2) is 0 Å². The zero-order chi connectivity index (χ0) is 19.9. The topological polar surface area (TPSA) is 110 Å². The number of carbonyl (C=O) groups excluding carboxylic acids is 1. The van der Waals surface area contributed by atoms with Crippen LogP contribution in [0.3, 0.4) is 0 Å². The van der Waals surface area contributed by atoms with Crippen LogP contribution in [0, 0.1) is 17.0 Å². The summed E-state index contributed by atoms with van der Waals surface area (Å²) in [6.45, 7) is 2.07. The number of aryl methyl sites for hydroxylation is 1. The highest BCUT2D eigenvalue weighted by molar-refractivity contribution is 5.83. The van der Waals surface area contributed by atoms with Crippen molar-refractivity contribution in [2.24, 2.45) is 5.10 Å². The van der Waals surface area contributed by atoms with Gasteiger partial charge in [0.1, 0.15) is 11.5 Å². The lowest BCUT2D eigenvalue weighted by Crippen LogP contribution is -2.25. The number of nitro benzene ring substituents is 1. The molecule has 0 unspecified atom stereocenters. The van der Waals surface area contributed by atoms with Gasteiger partial charge >= 0.3 is 0 Å². The first-order chi connectivity index (χ1) is 13.5. The van der Waals surface area contributed by atoms with Crippen molar-refractivity contribution in [2.75, 3.05) is 11.9 Å². The predicted octanol–water partition coefficient (Wildman–Crippen LogP) is 3.73. The number of nitrogens with one attached hydrogen (secondary N) is 2. The minimum atomic E-state index is -0.458. The summed E-state index contributed by atoms with van der Waals surface area (Å²) in [7, 11) is 0. The second-order valence-electron chi connectivity index (χ2n) is 6.02. The number of furan rings is 1. The summed E-state index contributed by atoms with van der Waals surface area (Å²) in [5, 5.41) is 17.6. The van der Waals surface area contributed by atoms with E-state index in [2.05, 4.69) is 15.8 Å². The Kier molecular flexibility index (Phi) is 5.81. The number of hydrazone groups is 1. The molecule has 1 amide bonds. The fourth-order valence-electron chi connectivity index (χ4n) is 2.47. The first-order valence-corrected chi connectivity index (χ1v) is 8.48. The second-order valence-corrected chi connectivity index (χ2v) is 6.02. The molecule has 0 bridgehead atoms. The van der Waals surface area contributed by atoms with Gasteiger partial charge in [-0.3, -0.25) is 14.9 Å². The molecular formula is C20H18N4O4. The van der Waals surface area contributed by atoms with E-state index in [0.29, 0.717) is 17.1 Å². The average molecular weight is 378 g/mol. The number of rotatable bonds is 7. The van der Waals surface area contributed by atoms with E-state index in [1.807, 2.05) is 31.2 Å². The van der Waals surface area contributed by atoms with E-state index in [0.717, 1.165) is 11.3 Å². The molecule has 0 saturated carbocycles. The van der Waals surface area contributed by atoms with Gasteiger partial charge in [0.25, 0.3) is 11.6 Å². The average Bonchev–Trinajstić information content (AvgIpc) is 3.15. The highest BCUT2D eigenvalue weighted by Gasteiger charge is 2.08. The van der Waals surface area contributed by atoms with Gasteiger partial charge in [-0.05, 0) is 48.9 Å². The first kappa shape index (κ1) is 18.8. The van der Waals surface area contributed by atoms with Crippen molar-refractivity contribution in [1.82, 2.24) is 5.43 Å². The SMILES string of the molecule is Cc1cccc(NCC(=O)N/N=C\c2ccc(-c3ccc([N+](=O)[O-])cc3)o2)c1. The molecule has 8 heteroatoms. The number of non-ortho nitro benzene ring substituents is 1. The van der Waals surface area contributed by atoms with Gasteiger partial charge in [0.2, 0.25) is 0 Å². The molecule has 8 nitrogen and oxygen atoms in total. The molecule has 1 heterocycles. The molecule has 2 N–H and O–H groups in total. The van der Waals surface area contributed by atoms with E-state index < -0.39 is 4.92 Å². The highest BCUT2D eigenvalue weighted by atomic mass is 16.6. The molecule has 0 saturated heterocycles. The molecule has 3 aromatic rings. The molecular weight excluding hydrogens is 360 g/mol. The van der Waals surface area contributed by atoms with Crippen molar-refractivity contribution in [3.8, 4) is 11.3 Å². The van der Waals surface area contributed by atoms with E-state index in [-0.39, 0.29) is 18.1 Å². The zero-order valence-corrected chi connectivity index (χ0v) is 15.1. The maximum absolute atomic E-state index is 11.8. The standard InChI is InChI=1S/C20H18N4O4/c1-14-3-2-4-16(11-14)21-13-20(25)23-22-12-18-9-10-19(28-18)15-5-7-17(8-6-15)24(26)27/h2-12,21H,13H2,1H3,(H,23,25)/b22-12-. The van der Waals surface area contributed by atoms with Crippen molar-refractivity contribution >= 4 is 23.5 Å². The monoisotopic (exact) mass is 378 g/mol. The van der Waals surface area contributed by atoms with Crippen molar-refractivity contribution in [3.05, 3.63) is 82.1 Å². The van der Waals surface area contributed by atoms with Crippen LogP contribution in [0.2, 0.25) is 0 Å². The molecule has 0 atom stereocenters. The van der Waals surface area contributed by atoms with E-state index in [9.17, 15) is 14.9 Å². The van der Waals surface area contributed by atoms with E-state index in [1.54, 1.807) is 24.3 Å². The molecule has 0 fully saturated rings. The molecule has 28 heavy (non-hydrogen) atoms. The normalized spacial score (nSPS) is 10.8. The van der Waals surface area contributed by atoms with Gasteiger partial charge in [0.05, 0.1) is 17.7 Å². The van der Waals surface area contributed by atoms with E-state index in [4.69, 9.17) is 4.42 Å². The Morgan fingerprint density at radius 2 is 1.96 bits per heavy atom. The fraction of sp³-hybridized carbons (Fsp3) is 0.100. The first-order valence-electron chi connectivity index (χ1n) is 8.48. The minimum absolute atomic E-state index is 0.0130. The molecule has 0 radical (unpaired) electrons. The predicted molar refractivity (Wildman–Crippen MR) is 106 cm³/mol. The third-order valence-corrected chi connectivity index (χ3v) is 3.84. The number of nitro groups is 1. The van der Waals surface area contributed by atoms with Gasteiger partial charge in [0, 0.05) is 23.4 Å². The maximum Gasteiger partial charge on any atom is 0.269 e. The fourth-order valence-corrected chi connectivity index (χ4v) is 2.47. The summed E-state index contributed by atoms with van der Waals surface area (Å²) < 4.78 is 5.61. The van der Waals surface area contributed by atoms with E-state index >= 15 is 0 Å². The summed E-state index contributed by atoms with van der Waals surface area (Å²) in [6, 6.07) is 17.2. The number of amides is 1. The Morgan fingerprint density at radius 1 is 1.18 bits per heavy atom. The van der Waals surface area contributed by atoms with Crippen LogP contribution < -0.4 is 10.7 Å². The molecule has 0 spiro atoms. The van der Waals surface area contributed by atoms with Gasteiger partial charge < -0.3 is 9.73 Å². The van der Waals surface area contributed by atoms with Crippen LogP contribution in [0.4, 0.5) is 11.4 Å². The molecule has 2 aromatic carbocycles. The van der Waals surface area contributed by atoms with Gasteiger partial charge in [-0.2, -0.15) is 5.10 Å². The third kappa shape index (κ3) is 5.04. The highest BCUT2D eigenvalue weighted by Crippen LogP contribution is 2.23. The Labute approximate surface area is 161 Å². The number of anilines is 1. The molecule has 0 aliphatic carbocycles. The lowest BCUT2D eigenvalue weighted by molar-refractivity contribution is -0.384. The lowest BCUT2D eigenvalue weighted by Gasteiger charge is -2.05. The van der Waals surface area contributed by atoms with Crippen molar-refractivity contribution < 1.29 is 14.1 Å². The Hall–Kier alpha value is -3.94. The Balaban J connectivity index is 1.52. The van der Waals surface area contributed by atoms with Crippen molar-refractivity contribution in [3.63, 3.8) is 0 Å². The Morgan fingerprint density at radius 3 is 2.68 bits per heavy atom. The number of hydrogen-bond acceptors (Lipinski definition) is 6. The number of benzene rings is 2. The summed E-state index contributed by atoms with van der Waals surface area (Å²) in [5.41, 5.74) is 5.10. The Bertz CT molecular complexity index is 1010. The third-order valence-electron chi connectivity index (χ3n) is 3.84. The van der Waals surface area contributed by atoms with Crippen LogP contribution >= 0.6 is 0 Å². The molecule has 1 aromatic heterocycles.